The van der Waals surface area contributed by atoms with E-state index in [0.717, 1.165) is 40.6 Å². The quantitative estimate of drug-likeness (QED) is 0.392. The number of halogens is 1. The van der Waals surface area contributed by atoms with E-state index >= 15 is 0 Å². The lowest BCUT2D eigenvalue weighted by Crippen LogP contribution is -2.39. The lowest BCUT2D eigenvalue weighted by atomic mass is 9.77. The molecule has 35 heavy (non-hydrogen) atoms. The number of nitrogens with zero attached hydrogens (tertiary/aromatic N) is 3. The minimum Gasteiger partial charge on any atom is -0.371 e. The SMILES string of the molecule is N#Cc1ccc(N2CCC[C@H](C[C@@H]3CCCC[C@H]3Nc3cc(-c4cccc(Cl)c4)ccn3)C2)cc1. The van der Waals surface area contributed by atoms with Gasteiger partial charge in [0.1, 0.15) is 5.82 Å². The summed E-state index contributed by atoms with van der Waals surface area (Å²) < 4.78 is 0. The van der Waals surface area contributed by atoms with Gasteiger partial charge in [0.05, 0.1) is 11.6 Å². The molecule has 1 saturated heterocycles. The van der Waals surface area contributed by atoms with Gasteiger partial charge in [-0.25, -0.2) is 4.98 Å². The number of piperidine rings is 1. The van der Waals surface area contributed by atoms with Gasteiger partial charge in [0.15, 0.2) is 0 Å². The third kappa shape index (κ3) is 5.97. The minimum absolute atomic E-state index is 0.469. The normalized spacial score (nSPS) is 22.4. The molecule has 1 saturated carbocycles. The van der Waals surface area contributed by atoms with Crippen LogP contribution in [-0.4, -0.2) is 24.1 Å². The molecule has 3 aromatic rings. The first-order valence-corrected chi connectivity index (χ1v) is 13.3. The maximum absolute atomic E-state index is 9.10. The highest BCUT2D eigenvalue weighted by atomic mass is 35.5. The highest BCUT2D eigenvalue weighted by Crippen LogP contribution is 2.35. The van der Waals surface area contributed by atoms with Crippen LogP contribution in [0, 0.1) is 23.2 Å². The van der Waals surface area contributed by atoms with Gasteiger partial charge >= 0.3 is 0 Å². The lowest BCUT2D eigenvalue weighted by molar-refractivity contribution is 0.247. The summed E-state index contributed by atoms with van der Waals surface area (Å²) in [6.45, 7) is 2.21. The Morgan fingerprint density at radius 1 is 0.971 bits per heavy atom. The van der Waals surface area contributed by atoms with Gasteiger partial charge in [0.2, 0.25) is 0 Å². The number of nitrogens with one attached hydrogen (secondary N) is 1. The Balaban J connectivity index is 1.24. The molecule has 5 heteroatoms. The van der Waals surface area contributed by atoms with E-state index in [-0.39, 0.29) is 0 Å². The maximum atomic E-state index is 9.10. The maximum Gasteiger partial charge on any atom is 0.126 e. The third-order valence-corrected chi connectivity index (χ3v) is 7.91. The minimum atomic E-state index is 0.469. The first kappa shape index (κ1) is 23.7. The van der Waals surface area contributed by atoms with E-state index in [9.17, 15) is 0 Å². The highest BCUT2D eigenvalue weighted by molar-refractivity contribution is 6.30. The third-order valence-electron chi connectivity index (χ3n) is 7.68. The number of hydrogen-bond donors (Lipinski definition) is 1. The molecule has 180 valence electrons. The molecule has 5 rings (SSSR count). The average Bonchev–Trinajstić information content (AvgIpc) is 2.90. The van der Waals surface area contributed by atoms with Gasteiger partial charge in [-0.15, -0.1) is 0 Å². The van der Waals surface area contributed by atoms with Crippen molar-refractivity contribution in [2.24, 2.45) is 11.8 Å². The molecule has 0 unspecified atom stereocenters. The Morgan fingerprint density at radius 2 is 1.80 bits per heavy atom. The lowest BCUT2D eigenvalue weighted by Gasteiger charge is -2.39. The van der Waals surface area contributed by atoms with Gasteiger partial charge in [0.25, 0.3) is 0 Å². The summed E-state index contributed by atoms with van der Waals surface area (Å²) in [5.74, 6) is 2.34. The van der Waals surface area contributed by atoms with Gasteiger partial charge in [-0.1, -0.05) is 36.6 Å². The van der Waals surface area contributed by atoms with E-state index in [2.05, 4.69) is 51.6 Å². The predicted molar refractivity (Wildman–Crippen MR) is 145 cm³/mol. The number of hydrogen-bond acceptors (Lipinski definition) is 4. The zero-order valence-electron chi connectivity index (χ0n) is 20.2. The summed E-state index contributed by atoms with van der Waals surface area (Å²) in [7, 11) is 0. The summed E-state index contributed by atoms with van der Waals surface area (Å²) in [6, 6.07) is 23.0. The second kappa shape index (κ2) is 11.1. The Labute approximate surface area is 214 Å². The van der Waals surface area contributed by atoms with E-state index < -0.39 is 0 Å². The van der Waals surface area contributed by atoms with Gasteiger partial charge < -0.3 is 10.2 Å². The van der Waals surface area contributed by atoms with Crippen LogP contribution in [0.15, 0.2) is 66.9 Å². The zero-order chi connectivity index (χ0) is 24.0. The van der Waals surface area contributed by atoms with Crippen LogP contribution in [0.5, 0.6) is 0 Å². The van der Waals surface area contributed by atoms with Crippen LogP contribution in [0.2, 0.25) is 5.02 Å². The Morgan fingerprint density at radius 3 is 2.63 bits per heavy atom. The molecule has 0 spiro atoms. The van der Waals surface area contributed by atoms with E-state index in [1.807, 2.05) is 36.5 Å². The Bertz CT molecular complexity index is 1170. The molecule has 0 amide bonds. The Kier molecular flexibility index (Phi) is 7.54. The van der Waals surface area contributed by atoms with Crippen molar-refractivity contribution in [1.29, 1.82) is 5.26 Å². The highest BCUT2D eigenvalue weighted by Gasteiger charge is 2.30. The molecule has 1 aromatic heterocycles. The van der Waals surface area contributed by atoms with Gasteiger partial charge in [0, 0.05) is 36.0 Å². The van der Waals surface area contributed by atoms with Crippen LogP contribution in [0.1, 0.15) is 50.5 Å². The summed E-state index contributed by atoms with van der Waals surface area (Å²) in [5, 5.41) is 13.7. The molecule has 1 N–H and O–H groups in total. The van der Waals surface area contributed by atoms with Crippen molar-refractivity contribution in [2.45, 2.75) is 51.0 Å². The van der Waals surface area contributed by atoms with E-state index in [0.29, 0.717) is 17.9 Å². The summed E-state index contributed by atoms with van der Waals surface area (Å²) >= 11 is 6.22. The number of pyridine rings is 1. The van der Waals surface area contributed by atoms with Crippen molar-refractivity contribution in [2.75, 3.05) is 23.3 Å². The molecule has 2 aliphatic rings. The van der Waals surface area contributed by atoms with Crippen molar-refractivity contribution in [1.82, 2.24) is 4.98 Å². The molecule has 2 heterocycles. The number of aromatic nitrogens is 1. The average molecular weight is 485 g/mol. The fraction of sp³-hybridized carbons (Fsp3) is 0.400. The molecule has 1 aliphatic heterocycles. The Hall–Kier alpha value is -3.03. The molecule has 4 nitrogen and oxygen atoms in total. The van der Waals surface area contributed by atoms with Crippen molar-refractivity contribution < 1.29 is 0 Å². The standard InChI is InChI=1S/C30H33ClN4/c31-27-8-3-7-24(18-27)25-14-15-33-30(19-25)34-29-9-2-1-6-26(29)17-23-5-4-16-35(21-23)28-12-10-22(20-32)11-13-28/h3,7-8,10-15,18-19,23,26,29H,1-2,4-6,9,16-17,21H2,(H,33,34)/t23-,26+,29-/m1/s1. The van der Waals surface area contributed by atoms with E-state index in [1.165, 1.54) is 50.6 Å². The van der Waals surface area contributed by atoms with Crippen LogP contribution in [0.3, 0.4) is 0 Å². The van der Waals surface area contributed by atoms with Crippen LogP contribution < -0.4 is 10.2 Å². The summed E-state index contributed by atoms with van der Waals surface area (Å²) in [4.78, 5) is 7.16. The smallest absolute Gasteiger partial charge is 0.126 e. The van der Waals surface area contributed by atoms with Crippen LogP contribution in [0.4, 0.5) is 11.5 Å². The first-order chi connectivity index (χ1) is 17.2. The number of nitriles is 1. The molecule has 2 fully saturated rings. The zero-order valence-corrected chi connectivity index (χ0v) is 20.9. The molecular formula is C30H33ClN4. The first-order valence-electron chi connectivity index (χ1n) is 12.9. The molecular weight excluding hydrogens is 452 g/mol. The van der Waals surface area contributed by atoms with Gasteiger partial charge in [-0.05, 0) is 104 Å². The predicted octanol–water partition coefficient (Wildman–Crippen LogP) is 7.55. The van der Waals surface area contributed by atoms with Crippen molar-refractivity contribution in [3.05, 3.63) is 77.4 Å². The van der Waals surface area contributed by atoms with Crippen LogP contribution in [-0.2, 0) is 0 Å². The molecule has 0 radical (unpaired) electrons. The topological polar surface area (TPSA) is 52.0 Å². The molecule has 1 aliphatic carbocycles. The summed E-state index contributed by atoms with van der Waals surface area (Å²) in [5.41, 5.74) is 4.23. The van der Waals surface area contributed by atoms with Crippen LogP contribution in [0.25, 0.3) is 11.1 Å². The largest absolute Gasteiger partial charge is 0.371 e. The number of rotatable bonds is 6. The van der Waals surface area contributed by atoms with Gasteiger partial charge in [-0.2, -0.15) is 5.26 Å². The molecule has 3 atom stereocenters. The van der Waals surface area contributed by atoms with Crippen molar-refractivity contribution in [3.8, 4) is 17.2 Å². The monoisotopic (exact) mass is 484 g/mol. The number of benzene rings is 2. The van der Waals surface area contributed by atoms with Crippen LogP contribution >= 0.6 is 11.6 Å². The van der Waals surface area contributed by atoms with E-state index in [1.54, 1.807) is 0 Å². The second-order valence-corrected chi connectivity index (χ2v) is 10.5. The number of anilines is 2. The molecule has 2 aromatic carbocycles. The fourth-order valence-electron chi connectivity index (χ4n) is 5.89. The van der Waals surface area contributed by atoms with Crippen molar-refractivity contribution in [3.63, 3.8) is 0 Å². The van der Waals surface area contributed by atoms with Crippen molar-refractivity contribution >= 4 is 23.1 Å². The fourth-order valence-corrected chi connectivity index (χ4v) is 6.08. The van der Waals surface area contributed by atoms with E-state index in [4.69, 9.17) is 16.9 Å². The molecule has 0 bridgehead atoms. The second-order valence-electron chi connectivity index (χ2n) is 10.1. The van der Waals surface area contributed by atoms with Gasteiger partial charge in [-0.3, -0.25) is 0 Å². The summed E-state index contributed by atoms with van der Waals surface area (Å²) in [6.07, 6.45) is 10.8.